The molecule has 0 radical (unpaired) electrons. The first-order chi connectivity index (χ1) is 10.2. The van der Waals surface area contributed by atoms with Crippen LogP contribution < -0.4 is 5.32 Å². The number of hydrogen-bond acceptors (Lipinski definition) is 3. The van der Waals surface area contributed by atoms with Gasteiger partial charge in [0.25, 0.3) is 0 Å². The van der Waals surface area contributed by atoms with Crippen LogP contribution in [-0.4, -0.2) is 36.3 Å². The summed E-state index contributed by atoms with van der Waals surface area (Å²) >= 11 is 0. The number of piperidine rings is 1. The third-order valence-electron chi connectivity index (χ3n) is 4.37. The van der Waals surface area contributed by atoms with E-state index in [4.69, 9.17) is 0 Å². The van der Waals surface area contributed by atoms with Crippen molar-refractivity contribution in [3.63, 3.8) is 0 Å². The van der Waals surface area contributed by atoms with Crippen LogP contribution in [0.15, 0.2) is 30.3 Å². The minimum Gasteiger partial charge on any atom is -0.304 e. The first kappa shape index (κ1) is 15.7. The summed E-state index contributed by atoms with van der Waals surface area (Å²) in [5, 5.41) is 2.49. The number of imide groups is 1. The summed E-state index contributed by atoms with van der Waals surface area (Å²) < 4.78 is 0. The molecule has 1 aromatic carbocycles. The molecule has 2 amide bonds. The van der Waals surface area contributed by atoms with Crippen molar-refractivity contribution in [3.05, 3.63) is 35.9 Å². The van der Waals surface area contributed by atoms with Crippen LogP contribution in [0.1, 0.15) is 38.2 Å². The lowest BCUT2D eigenvalue weighted by molar-refractivity contribution is -0.137. The van der Waals surface area contributed by atoms with E-state index >= 15 is 0 Å². The Hall–Kier alpha value is -1.68. The summed E-state index contributed by atoms with van der Waals surface area (Å²) in [6.45, 7) is 7.12. The van der Waals surface area contributed by atoms with Gasteiger partial charge in [0.2, 0.25) is 11.8 Å². The second-order valence-corrected chi connectivity index (χ2v) is 5.56. The lowest BCUT2D eigenvalue weighted by atomic mass is 9.78. The summed E-state index contributed by atoms with van der Waals surface area (Å²) in [6.07, 6.45) is 1.19. The number of hydrogen-bond donors (Lipinski definition) is 1. The Morgan fingerprint density at radius 1 is 1.14 bits per heavy atom. The maximum absolute atomic E-state index is 12.2. The Morgan fingerprint density at radius 3 is 2.43 bits per heavy atom. The van der Waals surface area contributed by atoms with Crippen LogP contribution in [0, 0.1) is 5.92 Å². The Kier molecular flexibility index (Phi) is 5.51. The van der Waals surface area contributed by atoms with Crippen LogP contribution in [0.5, 0.6) is 0 Å². The zero-order valence-corrected chi connectivity index (χ0v) is 12.8. The molecule has 2 rings (SSSR count). The van der Waals surface area contributed by atoms with Crippen LogP contribution in [-0.2, 0) is 9.59 Å². The molecule has 0 aliphatic carbocycles. The van der Waals surface area contributed by atoms with Crippen molar-refractivity contribution in [2.24, 2.45) is 5.92 Å². The predicted octanol–water partition coefficient (Wildman–Crippen LogP) is 2.16. The molecule has 4 heteroatoms. The third-order valence-corrected chi connectivity index (χ3v) is 4.37. The van der Waals surface area contributed by atoms with Crippen LogP contribution >= 0.6 is 0 Å². The average Bonchev–Trinajstić information content (AvgIpc) is 2.50. The quantitative estimate of drug-likeness (QED) is 0.816. The second-order valence-electron chi connectivity index (χ2n) is 5.56. The molecule has 114 valence electrons. The Balaban J connectivity index is 2.13. The van der Waals surface area contributed by atoms with E-state index in [1.54, 1.807) is 0 Å². The van der Waals surface area contributed by atoms with Gasteiger partial charge in [-0.2, -0.15) is 0 Å². The summed E-state index contributed by atoms with van der Waals surface area (Å²) in [4.78, 5) is 26.2. The number of rotatable bonds is 6. The number of nitrogens with one attached hydrogen (secondary N) is 1. The van der Waals surface area contributed by atoms with Crippen molar-refractivity contribution in [2.45, 2.75) is 32.6 Å². The minimum absolute atomic E-state index is 0.00279. The van der Waals surface area contributed by atoms with Gasteiger partial charge in [-0.3, -0.25) is 14.9 Å². The predicted molar refractivity (Wildman–Crippen MR) is 82.8 cm³/mol. The number of benzene rings is 1. The van der Waals surface area contributed by atoms with Crippen molar-refractivity contribution < 1.29 is 9.59 Å². The van der Waals surface area contributed by atoms with Crippen molar-refractivity contribution >= 4 is 11.8 Å². The lowest BCUT2D eigenvalue weighted by Crippen LogP contribution is -2.45. The maximum atomic E-state index is 12.2. The molecule has 1 aliphatic heterocycles. The molecule has 21 heavy (non-hydrogen) atoms. The fourth-order valence-corrected chi connectivity index (χ4v) is 3.05. The van der Waals surface area contributed by atoms with Gasteiger partial charge in [0.05, 0.1) is 0 Å². The largest absolute Gasteiger partial charge is 0.304 e. The van der Waals surface area contributed by atoms with Gasteiger partial charge >= 0.3 is 0 Å². The monoisotopic (exact) mass is 288 g/mol. The van der Waals surface area contributed by atoms with Gasteiger partial charge in [-0.05, 0) is 31.6 Å². The molecule has 2 unspecified atom stereocenters. The zero-order valence-electron chi connectivity index (χ0n) is 12.8. The molecular weight excluding hydrogens is 264 g/mol. The molecule has 1 aliphatic rings. The molecule has 1 heterocycles. The second kappa shape index (κ2) is 7.36. The van der Waals surface area contributed by atoms with Crippen LogP contribution in [0.25, 0.3) is 0 Å². The first-order valence-corrected chi connectivity index (χ1v) is 7.76. The molecule has 0 bridgehead atoms. The standard InChI is InChI=1S/C17H24N2O2/c1-3-19(4-2)11-10-14-15(12-16(20)18-17(14)21)13-8-6-5-7-9-13/h5-9,14-15H,3-4,10-12H2,1-2H3,(H,18,20,21). The van der Waals surface area contributed by atoms with Crippen LogP contribution in [0.4, 0.5) is 0 Å². The minimum atomic E-state index is -0.159. The Bertz CT molecular complexity index is 483. The first-order valence-electron chi connectivity index (χ1n) is 7.76. The van der Waals surface area contributed by atoms with Crippen molar-refractivity contribution in [1.82, 2.24) is 10.2 Å². The van der Waals surface area contributed by atoms with E-state index in [0.29, 0.717) is 6.42 Å². The Morgan fingerprint density at radius 2 is 1.81 bits per heavy atom. The van der Waals surface area contributed by atoms with Gasteiger partial charge in [0.1, 0.15) is 0 Å². The smallest absolute Gasteiger partial charge is 0.230 e. The molecular formula is C17H24N2O2. The average molecular weight is 288 g/mol. The van der Waals surface area contributed by atoms with Crippen LogP contribution in [0.3, 0.4) is 0 Å². The van der Waals surface area contributed by atoms with E-state index < -0.39 is 0 Å². The maximum Gasteiger partial charge on any atom is 0.230 e. The molecule has 0 spiro atoms. The van der Waals surface area contributed by atoms with E-state index in [1.165, 1.54) is 0 Å². The SMILES string of the molecule is CCN(CC)CCC1C(=O)NC(=O)CC1c1ccccc1. The van der Waals surface area contributed by atoms with Crippen molar-refractivity contribution in [2.75, 3.05) is 19.6 Å². The van der Waals surface area contributed by atoms with Gasteiger partial charge in [0.15, 0.2) is 0 Å². The van der Waals surface area contributed by atoms with Crippen molar-refractivity contribution in [3.8, 4) is 0 Å². The van der Waals surface area contributed by atoms with E-state index in [0.717, 1.165) is 31.6 Å². The zero-order chi connectivity index (χ0) is 15.2. The molecule has 1 N–H and O–H groups in total. The fourth-order valence-electron chi connectivity index (χ4n) is 3.05. The highest BCUT2D eigenvalue weighted by atomic mass is 16.2. The number of carbonyl (C=O) groups is 2. The van der Waals surface area contributed by atoms with Crippen molar-refractivity contribution in [1.29, 1.82) is 0 Å². The molecule has 4 nitrogen and oxygen atoms in total. The van der Waals surface area contributed by atoms with E-state index in [1.807, 2.05) is 30.3 Å². The van der Waals surface area contributed by atoms with Crippen LogP contribution in [0.2, 0.25) is 0 Å². The number of carbonyl (C=O) groups excluding carboxylic acids is 2. The van der Waals surface area contributed by atoms with E-state index in [2.05, 4.69) is 24.1 Å². The summed E-state index contributed by atoms with van der Waals surface area (Å²) in [5.74, 6) is -0.395. The molecule has 0 aromatic heterocycles. The molecule has 1 saturated heterocycles. The van der Waals surface area contributed by atoms with E-state index in [-0.39, 0.29) is 23.7 Å². The van der Waals surface area contributed by atoms with Gasteiger partial charge < -0.3 is 4.90 Å². The highest BCUT2D eigenvalue weighted by molar-refractivity contribution is 5.99. The topological polar surface area (TPSA) is 49.4 Å². The van der Waals surface area contributed by atoms with Gasteiger partial charge in [-0.25, -0.2) is 0 Å². The summed E-state index contributed by atoms with van der Waals surface area (Å²) in [5.41, 5.74) is 1.09. The van der Waals surface area contributed by atoms with Gasteiger partial charge in [-0.15, -0.1) is 0 Å². The van der Waals surface area contributed by atoms with Gasteiger partial charge in [-0.1, -0.05) is 44.2 Å². The normalized spacial score (nSPS) is 22.4. The highest BCUT2D eigenvalue weighted by Crippen LogP contribution is 2.33. The number of nitrogens with zero attached hydrogens (tertiary/aromatic N) is 1. The lowest BCUT2D eigenvalue weighted by Gasteiger charge is -2.32. The van der Waals surface area contributed by atoms with Gasteiger partial charge in [0, 0.05) is 18.3 Å². The number of amides is 2. The van der Waals surface area contributed by atoms with E-state index in [9.17, 15) is 9.59 Å². The highest BCUT2D eigenvalue weighted by Gasteiger charge is 2.36. The third kappa shape index (κ3) is 3.91. The molecule has 1 fully saturated rings. The summed E-state index contributed by atoms with van der Waals surface area (Å²) in [7, 11) is 0. The summed E-state index contributed by atoms with van der Waals surface area (Å²) in [6, 6.07) is 9.92. The molecule has 1 aromatic rings. The Labute approximate surface area is 126 Å². The molecule has 0 saturated carbocycles. The molecule has 2 atom stereocenters. The fraction of sp³-hybridized carbons (Fsp3) is 0.529.